The van der Waals surface area contributed by atoms with Gasteiger partial charge in [-0.05, 0) is 0 Å². The maximum absolute atomic E-state index is 12.7. The molecule has 0 radical (unpaired) electrons. The second-order valence-corrected chi connectivity index (χ2v) is 4.44. The quantitative estimate of drug-likeness (QED) is 0.788. The highest BCUT2D eigenvalue weighted by molar-refractivity contribution is 4.88. The topological polar surface area (TPSA) is 47.7 Å². The summed E-state index contributed by atoms with van der Waals surface area (Å²) >= 11 is 0. The number of ether oxygens (including phenoxy) is 2. The van der Waals surface area contributed by atoms with Crippen LogP contribution in [0, 0.1) is 0 Å². The molecule has 0 aromatic rings. The standard InChI is InChI=1S/C10H17F3N2O2/c11-10(12,13)8(7-14)15-3-1-9(2-4-15)16-5-6-17-9/h8H,1-7,14H2. The Morgan fingerprint density at radius 1 is 1.18 bits per heavy atom. The van der Waals surface area contributed by atoms with Crippen LogP contribution < -0.4 is 5.73 Å². The van der Waals surface area contributed by atoms with Gasteiger partial charge < -0.3 is 15.2 Å². The zero-order chi connectivity index (χ0) is 12.5. The Morgan fingerprint density at radius 2 is 1.71 bits per heavy atom. The van der Waals surface area contributed by atoms with Crippen molar-refractivity contribution < 1.29 is 22.6 Å². The third-order valence-electron chi connectivity index (χ3n) is 3.42. The lowest BCUT2D eigenvalue weighted by Gasteiger charge is -2.41. The molecule has 0 aliphatic carbocycles. The molecule has 0 saturated carbocycles. The molecule has 1 spiro atoms. The molecule has 0 amide bonds. The number of likely N-dealkylation sites (tertiary alicyclic amines) is 1. The van der Waals surface area contributed by atoms with E-state index >= 15 is 0 Å². The molecule has 2 N–H and O–H groups in total. The summed E-state index contributed by atoms with van der Waals surface area (Å²) in [6.45, 7) is 1.26. The highest BCUT2D eigenvalue weighted by Gasteiger charge is 2.47. The average molecular weight is 254 g/mol. The van der Waals surface area contributed by atoms with E-state index in [1.54, 1.807) is 0 Å². The first kappa shape index (κ1) is 13.1. The van der Waals surface area contributed by atoms with Crippen molar-refractivity contribution in [3.05, 3.63) is 0 Å². The summed E-state index contributed by atoms with van der Waals surface area (Å²) in [7, 11) is 0. The van der Waals surface area contributed by atoms with Gasteiger partial charge in [-0.25, -0.2) is 0 Å². The lowest BCUT2D eigenvalue weighted by molar-refractivity contribution is -0.217. The first-order chi connectivity index (χ1) is 7.97. The van der Waals surface area contributed by atoms with E-state index in [1.807, 2.05) is 0 Å². The van der Waals surface area contributed by atoms with E-state index in [-0.39, 0.29) is 0 Å². The highest BCUT2D eigenvalue weighted by atomic mass is 19.4. The summed E-state index contributed by atoms with van der Waals surface area (Å²) in [5.74, 6) is -0.638. The van der Waals surface area contributed by atoms with Crippen LogP contribution in [0.5, 0.6) is 0 Å². The summed E-state index contributed by atoms with van der Waals surface area (Å²) in [5, 5.41) is 0. The molecule has 0 aromatic carbocycles. The van der Waals surface area contributed by atoms with Crippen LogP contribution in [0.2, 0.25) is 0 Å². The van der Waals surface area contributed by atoms with Crippen molar-refractivity contribution in [3.8, 4) is 0 Å². The zero-order valence-corrected chi connectivity index (χ0v) is 9.50. The molecule has 2 heterocycles. The minimum Gasteiger partial charge on any atom is -0.347 e. The van der Waals surface area contributed by atoms with Crippen molar-refractivity contribution >= 4 is 0 Å². The molecule has 2 aliphatic heterocycles. The van der Waals surface area contributed by atoms with Gasteiger partial charge in [-0.3, -0.25) is 4.90 Å². The highest BCUT2D eigenvalue weighted by Crippen LogP contribution is 2.34. The lowest BCUT2D eigenvalue weighted by Crippen LogP contribution is -2.56. The van der Waals surface area contributed by atoms with Crippen LogP contribution in [0.1, 0.15) is 12.8 Å². The van der Waals surface area contributed by atoms with Crippen LogP contribution in [0.3, 0.4) is 0 Å². The molecule has 100 valence electrons. The maximum Gasteiger partial charge on any atom is 0.405 e. The lowest BCUT2D eigenvalue weighted by atomic mass is 10.0. The smallest absolute Gasteiger partial charge is 0.347 e. The molecule has 2 rings (SSSR count). The molecule has 2 aliphatic rings. The summed E-state index contributed by atoms with van der Waals surface area (Å²) in [6.07, 6.45) is -3.32. The number of hydrogen-bond acceptors (Lipinski definition) is 4. The maximum atomic E-state index is 12.7. The first-order valence-electron chi connectivity index (χ1n) is 5.76. The number of hydrogen-bond donors (Lipinski definition) is 1. The molecule has 2 saturated heterocycles. The number of piperidine rings is 1. The molecular weight excluding hydrogens is 237 g/mol. The van der Waals surface area contributed by atoms with E-state index < -0.39 is 24.6 Å². The van der Waals surface area contributed by atoms with E-state index in [2.05, 4.69) is 0 Å². The molecule has 4 nitrogen and oxygen atoms in total. The summed E-state index contributed by atoms with van der Waals surface area (Å²) in [5.41, 5.74) is 5.21. The number of nitrogens with zero attached hydrogens (tertiary/aromatic N) is 1. The minimum atomic E-state index is -4.27. The monoisotopic (exact) mass is 254 g/mol. The van der Waals surface area contributed by atoms with Gasteiger partial charge in [-0.1, -0.05) is 0 Å². The van der Waals surface area contributed by atoms with Crippen LogP contribution in [0.4, 0.5) is 13.2 Å². The van der Waals surface area contributed by atoms with Gasteiger partial charge in [-0.2, -0.15) is 13.2 Å². The molecular formula is C10H17F3N2O2. The Bertz CT molecular complexity index is 257. The fraction of sp³-hybridized carbons (Fsp3) is 1.00. The van der Waals surface area contributed by atoms with Crippen LogP contribution in [-0.4, -0.2) is 55.8 Å². The van der Waals surface area contributed by atoms with Gasteiger partial charge in [0.1, 0.15) is 6.04 Å². The van der Waals surface area contributed by atoms with E-state index in [0.717, 1.165) is 0 Å². The largest absolute Gasteiger partial charge is 0.405 e. The normalized spacial score (nSPS) is 27.5. The van der Waals surface area contributed by atoms with Gasteiger partial charge >= 0.3 is 6.18 Å². The minimum absolute atomic E-state index is 0.307. The number of alkyl halides is 3. The van der Waals surface area contributed by atoms with Crippen molar-refractivity contribution in [1.82, 2.24) is 4.90 Å². The second-order valence-electron chi connectivity index (χ2n) is 4.44. The predicted octanol–water partition coefficient (Wildman–Crippen LogP) is 0.715. The Balaban J connectivity index is 1.93. The van der Waals surface area contributed by atoms with Gasteiger partial charge in [0.05, 0.1) is 13.2 Å². The van der Waals surface area contributed by atoms with Crippen LogP contribution in [0.25, 0.3) is 0 Å². The summed E-state index contributed by atoms with van der Waals surface area (Å²) in [6, 6.07) is -1.55. The Labute approximate surface area is 97.8 Å². The molecule has 17 heavy (non-hydrogen) atoms. The Kier molecular flexibility index (Phi) is 3.63. The number of rotatable bonds is 2. The van der Waals surface area contributed by atoms with Gasteiger partial charge in [0.15, 0.2) is 5.79 Å². The summed E-state index contributed by atoms with van der Waals surface area (Å²) in [4.78, 5) is 1.37. The number of halogens is 3. The van der Waals surface area contributed by atoms with Crippen molar-refractivity contribution in [2.45, 2.75) is 30.8 Å². The third kappa shape index (κ3) is 2.73. The first-order valence-corrected chi connectivity index (χ1v) is 5.76. The fourth-order valence-electron chi connectivity index (χ4n) is 2.45. The van der Waals surface area contributed by atoms with E-state index in [4.69, 9.17) is 15.2 Å². The molecule has 2 fully saturated rings. The molecule has 1 atom stereocenters. The van der Waals surface area contributed by atoms with E-state index in [9.17, 15) is 13.2 Å². The Morgan fingerprint density at radius 3 is 2.12 bits per heavy atom. The average Bonchev–Trinajstić information content (AvgIpc) is 2.69. The Hall–Kier alpha value is -0.370. The summed E-state index contributed by atoms with van der Waals surface area (Å²) < 4.78 is 49.0. The van der Waals surface area contributed by atoms with Crippen LogP contribution in [-0.2, 0) is 9.47 Å². The van der Waals surface area contributed by atoms with Gasteiger partial charge in [0, 0.05) is 32.5 Å². The van der Waals surface area contributed by atoms with Gasteiger partial charge in [0.25, 0.3) is 0 Å². The van der Waals surface area contributed by atoms with E-state index in [0.29, 0.717) is 39.1 Å². The third-order valence-corrected chi connectivity index (χ3v) is 3.42. The van der Waals surface area contributed by atoms with Gasteiger partial charge in [-0.15, -0.1) is 0 Å². The van der Waals surface area contributed by atoms with Crippen molar-refractivity contribution in [2.75, 3.05) is 32.8 Å². The van der Waals surface area contributed by atoms with Crippen molar-refractivity contribution in [2.24, 2.45) is 5.73 Å². The van der Waals surface area contributed by atoms with Crippen molar-refractivity contribution in [3.63, 3.8) is 0 Å². The zero-order valence-electron chi connectivity index (χ0n) is 9.50. The van der Waals surface area contributed by atoms with Crippen LogP contribution in [0.15, 0.2) is 0 Å². The van der Waals surface area contributed by atoms with Crippen LogP contribution >= 0.6 is 0 Å². The molecule has 7 heteroatoms. The van der Waals surface area contributed by atoms with Crippen molar-refractivity contribution in [1.29, 1.82) is 0 Å². The van der Waals surface area contributed by atoms with Gasteiger partial charge in [0.2, 0.25) is 0 Å². The number of nitrogens with two attached hydrogens (primary N) is 1. The fourth-order valence-corrected chi connectivity index (χ4v) is 2.45. The molecule has 1 unspecified atom stereocenters. The van der Waals surface area contributed by atoms with E-state index in [1.165, 1.54) is 4.90 Å². The SMILES string of the molecule is NCC(N1CCC2(CC1)OCCO2)C(F)(F)F. The second kappa shape index (κ2) is 4.72. The molecule has 0 aromatic heterocycles. The molecule has 0 bridgehead atoms. The predicted molar refractivity (Wildman–Crippen MR) is 54.3 cm³/mol.